The van der Waals surface area contributed by atoms with Crippen LogP contribution in [0.2, 0.25) is 0 Å². The van der Waals surface area contributed by atoms with Crippen molar-refractivity contribution in [2.45, 2.75) is 6.04 Å². The third kappa shape index (κ3) is 1.31. The highest BCUT2D eigenvalue weighted by atomic mass is 32.2. The van der Waals surface area contributed by atoms with Gasteiger partial charge in [0.05, 0.1) is 13.2 Å². The quantitative estimate of drug-likeness (QED) is 0.509. The Morgan fingerprint density at radius 3 is 3.30 bits per heavy atom. The predicted molar refractivity (Wildman–Crippen MR) is 43.5 cm³/mol. The standard InChI is InChI=1S/C7H13NOS/c1-3-9-5-7-6-10-4-2-8(1)7/h7H,1-6H2. The molecule has 0 N–H and O–H groups in total. The highest BCUT2D eigenvalue weighted by molar-refractivity contribution is 7.99. The highest BCUT2D eigenvalue weighted by Crippen LogP contribution is 2.18. The molecular formula is C7H13NOS. The number of hydrogen-bond donors (Lipinski definition) is 0. The minimum absolute atomic E-state index is 0.729. The van der Waals surface area contributed by atoms with Gasteiger partial charge in [0.2, 0.25) is 0 Å². The summed E-state index contributed by atoms with van der Waals surface area (Å²) in [4.78, 5) is 2.56. The molecule has 1 unspecified atom stereocenters. The smallest absolute Gasteiger partial charge is 0.0630 e. The molecule has 2 rings (SSSR count). The molecule has 0 aromatic heterocycles. The maximum Gasteiger partial charge on any atom is 0.0630 e. The Bertz CT molecular complexity index is 94.2. The molecule has 0 bridgehead atoms. The van der Waals surface area contributed by atoms with Gasteiger partial charge >= 0.3 is 0 Å². The second-order valence-electron chi connectivity index (χ2n) is 2.84. The van der Waals surface area contributed by atoms with Gasteiger partial charge in [-0.15, -0.1) is 0 Å². The molecule has 2 nitrogen and oxygen atoms in total. The lowest BCUT2D eigenvalue weighted by Gasteiger charge is -2.38. The van der Waals surface area contributed by atoms with Crippen LogP contribution in [-0.4, -0.2) is 48.8 Å². The lowest BCUT2D eigenvalue weighted by molar-refractivity contribution is 0.00257. The summed E-state index contributed by atoms with van der Waals surface area (Å²) in [6, 6.07) is 0.729. The molecule has 2 fully saturated rings. The van der Waals surface area contributed by atoms with Crippen molar-refractivity contribution in [1.82, 2.24) is 4.90 Å². The fourth-order valence-corrected chi connectivity index (χ4v) is 2.65. The summed E-state index contributed by atoms with van der Waals surface area (Å²) in [6.45, 7) is 4.35. The molecular weight excluding hydrogens is 146 g/mol. The summed E-state index contributed by atoms with van der Waals surface area (Å²) >= 11 is 2.06. The number of morpholine rings is 1. The van der Waals surface area contributed by atoms with Gasteiger partial charge in [0.15, 0.2) is 0 Å². The van der Waals surface area contributed by atoms with Crippen molar-refractivity contribution in [2.24, 2.45) is 0 Å². The second-order valence-corrected chi connectivity index (χ2v) is 3.99. The third-order valence-electron chi connectivity index (χ3n) is 2.18. The van der Waals surface area contributed by atoms with Crippen LogP contribution in [0.1, 0.15) is 0 Å². The van der Waals surface area contributed by atoms with E-state index < -0.39 is 0 Å². The van der Waals surface area contributed by atoms with E-state index in [0.717, 1.165) is 25.8 Å². The van der Waals surface area contributed by atoms with E-state index in [1.165, 1.54) is 18.1 Å². The molecule has 0 saturated carbocycles. The predicted octanol–water partition coefficient (Wildman–Crippen LogP) is 0.434. The summed E-state index contributed by atoms with van der Waals surface area (Å²) < 4.78 is 5.38. The fourth-order valence-electron chi connectivity index (χ4n) is 1.54. The van der Waals surface area contributed by atoms with Crippen LogP contribution in [0.15, 0.2) is 0 Å². The summed E-state index contributed by atoms with van der Waals surface area (Å²) in [5.41, 5.74) is 0. The first-order valence-corrected chi connectivity index (χ1v) is 5.02. The average molecular weight is 159 g/mol. The largest absolute Gasteiger partial charge is 0.378 e. The first kappa shape index (κ1) is 6.95. The van der Waals surface area contributed by atoms with E-state index in [-0.39, 0.29) is 0 Å². The highest BCUT2D eigenvalue weighted by Gasteiger charge is 2.25. The van der Waals surface area contributed by atoms with Crippen LogP contribution in [0.3, 0.4) is 0 Å². The molecule has 0 amide bonds. The maximum atomic E-state index is 5.38. The van der Waals surface area contributed by atoms with Gasteiger partial charge in [0, 0.05) is 30.6 Å². The zero-order valence-electron chi connectivity index (χ0n) is 6.08. The average Bonchev–Trinajstić information content (AvgIpc) is 2.05. The molecule has 0 aromatic carbocycles. The van der Waals surface area contributed by atoms with Gasteiger partial charge < -0.3 is 4.74 Å². The molecule has 0 aromatic rings. The molecule has 10 heavy (non-hydrogen) atoms. The molecule has 2 heterocycles. The van der Waals surface area contributed by atoms with Crippen LogP contribution < -0.4 is 0 Å². The second kappa shape index (κ2) is 3.11. The Labute approximate surface area is 65.9 Å². The van der Waals surface area contributed by atoms with Crippen LogP contribution in [-0.2, 0) is 4.74 Å². The van der Waals surface area contributed by atoms with E-state index in [1.807, 2.05) is 0 Å². The molecule has 0 spiro atoms. The van der Waals surface area contributed by atoms with Crippen LogP contribution in [0.25, 0.3) is 0 Å². The minimum Gasteiger partial charge on any atom is -0.378 e. The van der Waals surface area contributed by atoms with Crippen molar-refractivity contribution in [3.05, 3.63) is 0 Å². The Morgan fingerprint density at radius 2 is 2.40 bits per heavy atom. The van der Waals surface area contributed by atoms with Crippen LogP contribution >= 0.6 is 11.8 Å². The molecule has 2 aliphatic rings. The number of thioether (sulfide) groups is 1. The van der Waals surface area contributed by atoms with Crippen molar-refractivity contribution >= 4 is 11.8 Å². The normalized spacial score (nSPS) is 35.4. The summed E-state index contributed by atoms with van der Waals surface area (Å²) in [7, 11) is 0. The maximum absolute atomic E-state index is 5.38. The van der Waals surface area contributed by atoms with Gasteiger partial charge in [-0.3, -0.25) is 4.90 Å². The van der Waals surface area contributed by atoms with Gasteiger partial charge in [-0.2, -0.15) is 11.8 Å². The lowest BCUT2D eigenvalue weighted by Crippen LogP contribution is -2.50. The van der Waals surface area contributed by atoms with E-state index in [1.54, 1.807) is 0 Å². The molecule has 2 saturated heterocycles. The first-order valence-electron chi connectivity index (χ1n) is 3.86. The Balaban J connectivity index is 1.93. The van der Waals surface area contributed by atoms with E-state index in [9.17, 15) is 0 Å². The molecule has 1 atom stereocenters. The number of fused-ring (bicyclic) bond motifs is 1. The van der Waals surface area contributed by atoms with E-state index in [0.29, 0.717) is 0 Å². The van der Waals surface area contributed by atoms with Gasteiger partial charge in [-0.05, 0) is 0 Å². The number of hydrogen-bond acceptors (Lipinski definition) is 3. The zero-order chi connectivity index (χ0) is 6.81. The summed E-state index contributed by atoms with van der Waals surface area (Å²) in [5, 5.41) is 0. The van der Waals surface area contributed by atoms with Gasteiger partial charge in [-0.1, -0.05) is 0 Å². The topological polar surface area (TPSA) is 12.5 Å². The monoisotopic (exact) mass is 159 g/mol. The Hall–Kier alpha value is 0.270. The lowest BCUT2D eigenvalue weighted by atomic mass is 10.2. The first-order chi connectivity index (χ1) is 4.97. The Morgan fingerprint density at radius 1 is 1.40 bits per heavy atom. The summed E-state index contributed by atoms with van der Waals surface area (Å²) in [5.74, 6) is 2.59. The van der Waals surface area contributed by atoms with E-state index in [4.69, 9.17) is 4.74 Å². The SMILES string of the molecule is C1CN2CCSCC2CO1. The molecule has 0 radical (unpaired) electrons. The fraction of sp³-hybridized carbons (Fsp3) is 1.00. The van der Waals surface area contributed by atoms with Gasteiger partial charge in [0.25, 0.3) is 0 Å². The van der Waals surface area contributed by atoms with Gasteiger partial charge in [0.1, 0.15) is 0 Å². The Kier molecular flexibility index (Phi) is 2.16. The molecule has 2 aliphatic heterocycles. The van der Waals surface area contributed by atoms with Crippen LogP contribution in [0.4, 0.5) is 0 Å². The van der Waals surface area contributed by atoms with Crippen molar-refractivity contribution in [1.29, 1.82) is 0 Å². The summed E-state index contributed by atoms with van der Waals surface area (Å²) in [6.07, 6.45) is 0. The van der Waals surface area contributed by atoms with Crippen molar-refractivity contribution in [2.75, 3.05) is 37.8 Å². The minimum atomic E-state index is 0.729. The van der Waals surface area contributed by atoms with Crippen molar-refractivity contribution in [3.63, 3.8) is 0 Å². The molecule has 58 valence electrons. The number of rotatable bonds is 0. The van der Waals surface area contributed by atoms with Crippen molar-refractivity contribution < 1.29 is 4.74 Å². The number of nitrogens with zero attached hydrogens (tertiary/aromatic N) is 1. The molecule has 3 heteroatoms. The molecule has 0 aliphatic carbocycles. The van der Waals surface area contributed by atoms with E-state index in [2.05, 4.69) is 16.7 Å². The number of ether oxygens (including phenoxy) is 1. The van der Waals surface area contributed by atoms with Crippen LogP contribution in [0.5, 0.6) is 0 Å². The third-order valence-corrected chi connectivity index (χ3v) is 3.27. The zero-order valence-corrected chi connectivity index (χ0v) is 6.90. The van der Waals surface area contributed by atoms with Crippen LogP contribution in [0, 0.1) is 0 Å². The van der Waals surface area contributed by atoms with Crippen molar-refractivity contribution in [3.8, 4) is 0 Å². The van der Waals surface area contributed by atoms with Gasteiger partial charge in [-0.25, -0.2) is 0 Å². The van der Waals surface area contributed by atoms with E-state index >= 15 is 0 Å².